The number of para-hydroxylation sites is 1. The third kappa shape index (κ3) is 5.77. The molecule has 0 bridgehead atoms. The van der Waals surface area contributed by atoms with E-state index in [9.17, 15) is 18.4 Å². The van der Waals surface area contributed by atoms with Crippen LogP contribution in [0.2, 0.25) is 0 Å². The summed E-state index contributed by atoms with van der Waals surface area (Å²) in [4.78, 5) is 26.7. The van der Waals surface area contributed by atoms with Gasteiger partial charge in [0.1, 0.15) is 17.3 Å². The van der Waals surface area contributed by atoms with Crippen LogP contribution < -0.4 is 5.32 Å². The van der Waals surface area contributed by atoms with E-state index in [1.165, 1.54) is 17.9 Å². The van der Waals surface area contributed by atoms with Crippen LogP contribution >= 0.6 is 0 Å². The number of anilines is 1. The summed E-state index contributed by atoms with van der Waals surface area (Å²) in [6, 6.07) is 3.32. The second-order valence-corrected chi connectivity index (χ2v) is 5.24. The van der Waals surface area contributed by atoms with Crippen molar-refractivity contribution in [3.8, 4) is 0 Å². The molecule has 0 unspecified atom stereocenters. The molecule has 0 spiro atoms. The van der Waals surface area contributed by atoms with Gasteiger partial charge in [0.2, 0.25) is 11.8 Å². The molecule has 22 heavy (non-hydrogen) atoms. The standard InChI is InChI=1S/C15H21F2N3O2/c1-11(21)20(9-5-8-19(2)3)10-14(22)18-15-12(16)6-4-7-13(15)17/h4,6-7H,5,8-10H2,1-3H3,(H,18,22). The Hall–Kier alpha value is -2.02. The van der Waals surface area contributed by atoms with Gasteiger partial charge in [0, 0.05) is 13.5 Å². The summed E-state index contributed by atoms with van der Waals surface area (Å²) in [5.41, 5.74) is -0.496. The Morgan fingerprint density at radius 2 is 1.73 bits per heavy atom. The van der Waals surface area contributed by atoms with Crippen LogP contribution in [0.4, 0.5) is 14.5 Å². The highest BCUT2D eigenvalue weighted by atomic mass is 19.1. The first kappa shape index (κ1) is 18.0. The lowest BCUT2D eigenvalue weighted by molar-refractivity contribution is -0.132. The Balaban J connectivity index is 2.62. The molecule has 7 heteroatoms. The van der Waals surface area contributed by atoms with E-state index in [4.69, 9.17) is 0 Å². The van der Waals surface area contributed by atoms with Crippen LogP contribution in [0, 0.1) is 11.6 Å². The van der Waals surface area contributed by atoms with E-state index < -0.39 is 23.2 Å². The van der Waals surface area contributed by atoms with Gasteiger partial charge in [0.25, 0.3) is 0 Å². The molecule has 0 aromatic heterocycles. The smallest absolute Gasteiger partial charge is 0.244 e. The summed E-state index contributed by atoms with van der Waals surface area (Å²) in [5.74, 6) is -2.60. The van der Waals surface area contributed by atoms with E-state index in [-0.39, 0.29) is 12.5 Å². The highest BCUT2D eigenvalue weighted by Gasteiger charge is 2.16. The topological polar surface area (TPSA) is 52.7 Å². The third-order valence-electron chi connectivity index (χ3n) is 3.04. The highest BCUT2D eigenvalue weighted by molar-refractivity contribution is 5.94. The molecule has 0 heterocycles. The fourth-order valence-corrected chi connectivity index (χ4v) is 1.90. The average molecular weight is 313 g/mol. The van der Waals surface area contributed by atoms with Crippen LogP contribution in [0.25, 0.3) is 0 Å². The van der Waals surface area contributed by atoms with Crippen molar-refractivity contribution in [2.75, 3.05) is 39.0 Å². The number of nitrogens with one attached hydrogen (secondary N) is 1. The van der Waals surface area contributed by atoms with Crippen molar-refractivity contribution in [1.82, 2.24) is 9.80 Å². The number of halogens is 2. The predicted octanol–water partition coefficient (Wildman–Crippen LogP) is 1.70. The van der Waals surface area contributed by atoms with Crippen LogP contribution in [0.5, 0.6) is 0 Å². The molecule has 5 nitrogen and oxygen atoms in total. The number of hydrogen-bond donors (Lipinski definition) is 1. The van der Waals surface area contributed by atoms with Crippen molar-refractivity contribution in [3.05, 3.63) is 29.8 Å². The van der Waals surface area contributed by atoms with Gasteiger partial charge < -0.3 is 15.1 Å². The van der Waals surface area contributed by atoms with Crippen molar-refractivity contribution < 1.29 is 18.4 Å². The van der Waals surface area contributed by atoms with Crippen molar-refractivity contribution in [2.45, 2.75) is 13.3 Å². The van der Waals surface area contributed by atoms with E-state index in [1.54, 1.807) is 0 Å². The molecule has 0 aliphatic rings. The molecule has 0 saturated carbocycles. The van der Waals surface area contributed by atoms with E-state index >= 15 is 0 Å². The summed E-state index contributed by atoms with van der Waals surface area (Å²) in [6.07, 6.45) is 0.702. The van der Waals surface area contributed by atoms with Gasteiger partial charge >= 0.3 is 0 Å². The van der Waals surface area contributed by atoms with Crippen LogP contribution in [-0.2, 0) is 9.59 Å². The first-order valence-electron chi connectivity index (χ1n) is 6.95. The van der Waals surface area contributed by atoms with Crippen molar-refractivity contribution in [3.63, 3.8) is 0 Å². The average Bonchev–Trinajstić information content (AvgIpc) is 2.41. The van der Waals surface area contributed by atoms with Gasteiger partial charge in [0.15, 0.2) is 0 Å². The van der Waals surface area contributed by atoms with E-state index in [0.29, 0.717) is 13.0 Å². The summed E-state index contributed by atoms with van der Waals surface area (Å²) in [6.45, 7) is 2.29. The second kappa shape index (κ2) is 8.43. The summed E-state index contributed by atoms with van der Waals surface area (Å²) in [7, 11) is 3.82. The number of carbonyl (C=O) groups is 2. The molecular weight excluding hydrogens is 292 g/mol. The first-order valence-corrected chi connectivity index (χ1v) is 6.95. The second-order valence-electron chi connectivity index (χ2n) is 5.24. The molecule has 1 aromatic rings. The Kier molecular flexibility index (Phi) is 6.91. The maximum absolute atomic E-state index is 13.5. The molecule has 122 valence electrons. The zero-order chi connectivity index (χ0) is 16.7. The molecule has 1 rings (SSSR count). The largest absolute Gasteiger partial charge is 0.334 e. The summed E-state index contributed by atoms with van der Waals surface area (Å²) >= 11 is 0. The van der Waals surface area contributed by atoms with Gasteiger partial charge in [-0.15, -0.1) is 0 Å². The highest BCUT2D eigenvalue weighted by Crippen LogP contribution is 2.17. The summed E-state index contributed by atoms with van der Waals surface area (Å²) < 4.78 is 26.9. The molecule has 1 N–H and O–H groups in total. The van der Waals surface area contributed by atoms with Crippen LogP contribution in [0.1, 0.15) is 13.3 Å². The van der Waals surface area contributed by atoms with Crippen LogP contribution in [0.15, 0.2) is 18.2 Å². The maximum Gasteiger partial charge on any atom is 0.244 e. The number of benzene rings is 1. The molecule has 0 aliphatic carbocycles. The van der Waals surface area contributed by atoms with Crippen molar-refractivity contribution >= 4 is 17.5 Å². The Morgan fingerprint density at radius 1 is 1.14 bits per heavy atom. The van der Waals surface area contributed by atoms with Crippen LogP contribution in [-0.4, -0.2) is 55.3 Å². The monoisotopic (exact) mass is 313 g/mol. The van der Waals surface area contributed by atoms with Crippen LogP contribution in [0.3, 0.4) is 0 Å². The third-order valence-corrected chi connectivity index (χ3v) is 3.04. The molecule has 0 atom stereocenters. The molecule has 0 fully saturated rings. The minimum atomic E-state index is -0.852. The molecule has 0 radical (unpaired) electrons. The van der Waals surface area contributed by atoms with E-state index in [0.717, 1.165) is 18.7 Å². The maximum atomic E-state index is 13.5. The van der Waals surface area contributed by atoms with Crippen molar-refractivity contribution in [1.29, 1.82) is 0 Å². The molecule has 0 aliphatic heterocycles. The Morgan fingerprint density at radius 3 is 2.23 bits per heavy atom. The Bertz CT molecular complexity index is 515. The van der Waals surface area contributed by atoms with Gasteiger partial charge in [-0.05, 0) is 39.2 Å². The molecule has 2 amide bonds. The quantitative estimate of drug-likeness (QED) is 0.834. The summed E-state index contributed by atoms with van der Waals surface area (Å²) in [5, 5.41) is 2.17. The van der Waals surface area contributed by atoms with Gasteiger partial charge in [-0.1, -0.05) is 6.07 Å². The fraction of sp³-hybridized carbons (Fsp3) is 0.467. The van der Waals surface area contributed by atoms with E-state index in [1.807, 2.05) is 19.0 Å². The lowest BCUT2D eigenvalue weighted by Crippen LogP contribution is -2.38. The first-order chi connectivity index (χ1) is 10.3. The number of nitrogens with zero attached hydrogens (tertiary/aromatic N) is 2. The van der Waals surface area contributed by atoms with Crippen molar-refractivity contribution in [2.24, 2.45) is 0 Å². The number of amides is 2. The molecular formula is C15H21F2N3O2. The van der Waals surface area contributed by atoms with E-state index in [2.05, 4.69) is 5.32 Å². The number of hydrogen-bond acceptors (Lipinski definition) is 3. The number of rotatable bonds is 7. The fourth-order valence-electron chi connectivity index (χ4n) is 1.90. The lowest BCUT2D eigenvalue weighted by Gasteiger charge is -2.21. The van der Waals surface area contributed by atoms with Gasteiger partial charge in [-0.3, -0.25) is 9.59 Å². The van der Waals surface area contributed by atoms with Gasteiger partial charge in [-0.25, -0.2) is 8.78 Å². The lowest BCUT2D eigenvalue weighted by atomic mass is 10.3. The molecule has 0 saturated heterocycles. The minimum Gasteiger partial charge on any atom is -0.334 e. The normalized spacial score (nSPS) is 10.6. The van der Waals surface area contributed by atoms with Gasteiger partial charge in [0.05, 0.1) is 6.54 Å². The zero-order valence-corrected chi connectivity index (χ0v) is 13.0. The zero-order valence-electron chi connectivity index (χ0n) is 13.0. The SMILES string of the molecule is CC(=O)N(CCCN(C)C)CC(=O)Nc1c(F)cccc1F. The Labute approximate surface area is 128 Å². The number of carbonyl (C=O) groups excluding carboxylic acids is 2. The minimum absolute atomic E-state index is 0.240. The van der Waals surface area contributed by atoms with Gasteiger partial charge in [-0.2, -0.15) is 0 Å². The predicted molar refractivity (Wildman–Crippen MR) is 80.4 cm³/mol. The molecule has 1 aromatic carbocycles.